The van der Waals surface area contributed by atoms with Gasteiger partial charge in [-0.05, 0) is 31.5 Å². The van der Waals surface area contributed by atoms with Gasteiger partial charge < -0.3 is 15.5 Å². The number of hydrogen-bond donors (Lipinski definition) is 2. The SMILES string of the molecule is O=C(Nc1ccccc1C(F)(F)F)N1CCC2(CCNC2)C1. The highest BCUT2D eigenvalue weighted by molar-refractivity contribution is 5.90. The van der Waals surface area contributed by atoms with Gasteiger partial charge in [0.1, 0.15) is 0 Å². The summed E-state index contributed by atoms with van der Waals surface area (Å²) in [5.41, 5.74) is -0.911. The van der Waals surface area contributed by atoms with Gasteiger partial charge in [0.15, 0.2) is 0 Å². The summed E-state index contributed by atoms with van der Waals surface area (Å²) in [5.74, 6) is 0. The van der Waals surface area contributed by atoms with Gasteiger partial charge in [0, 0.05) is 25.0 Å². The molecule has 0 aromatic heterocycles. The highest BCUT2D eigenvalue weighted by Gasteiger charge is 2.42. The van der Waals surface area contributed by atoms with Gasteiger partial charge in [0.2, 0.25) is 0 Å². The molecule has 0 saturated carbocycles. The molecule has 1 aromatic rings. The van der Waals surface area contributed by atoms with Crippen molar-refractivity contribution in [3.63, 3.8) is 0 Å². The van der Waals surface area contributed by atoms with Crippen molar-refractivity contribution in [3.05, 3.63) is 29.8 Å². The van der Waals surface area contributed by atoms with E-state index in [1.54, 1.807) is 4.90 Å². The monoisotopic (exact) mass is 313 g/mol. The van der Waals surface area contributed by atoms with Gasteiger partial charge in [-0.2, -0.15) is 13.2 Å². The summed E-state index contributed by atoms with van der Waals surface area (Å²) < 4.78 is 38.8. The van der Waals surface area contributed by atoms with Gasteiger partial charge in [0.25, 0.3) is 0 Å². The first-order valence-corrected chi connectivity index (χ1v) is 7.33. The van der Waals surface area contributed by atoms with E-state index in [4.69, 9.17) is 0 Å². The van der Waals surface area contributed by atoms with Crippen molar-refractivity contribution < 1.29 is 18.0 Å². The number of amides is 2. The van der Waals surface area contributed by atoms with Crippen LogP contribution in [0.1, 0.15) is 18.4 Å². The average Bonchev–Trinajstić information content (AvgIpc) is 3.09. The number of nitrogens with one attached hydrogen (secondary N) is 2. The quantitative estimate of drug-likeness (QED) is 0.837. The Morgan fingerprint density at radius 3 is 2.73 bits per heavy atom. The van der Waals surface area contributed by atoms with Crippen LogP contribution in [0.4, 0.5) is 23.7 Å². The molecule has 1 spiro atoms. The van der Waals surface area contributed by atoms with Crippen molar-refractivity contribution in [3.8, 4) is 0 Å². The van der Waals surface area contributed by atoms with Crippen LogP contribution in [0.3, 0.4) is 0 Å². The number of urea groups is 1. The molecule has 2 aliphatic heterocycles. The van der Waals surface area contributed by atoms with Crippen molar-refractivity contribution in [1.82, 2.24) is 10.2 Å². The maximum atomic E-state index is 12.9. The number of benzene rings is 1. The van der Waals surface area contributed by atoms with Crippen LogP contribution in [0.2, 0.25) is 0 Å². The number of carbonyl (C=O) groups is 1. The van der Waals surface area contributed by atoms with E-state index in [0.29, 0.717) is 13.1 Å². The number of halogens is 3. The number of alkyl halides is 3. The number of rotatable bonds is 1. The van der Waals surface area contributed by atoms with E-state index in [0.717, 1.165) is 32.0 Å². The third-order valence-corrected chi connectivity index (χ3v) is 4.53. The summed E-state index contributed by atoms with van der Waals surface area (Å²) in [5, 5.41) is 5.70. The number of anilines is 1. The Balaban J connectivity index is 1.71. The van der Waals surface area contributed by atoms with E-state index in [1.807, 2.05) is 0 Å². The molecule has 0 bridgehead atoms. The molecule has 2 amide bonds. The van der Waals surface area contributed by atoms with E-state index >= 15 is 0 Å². The maximum Gasteiger partial charge on any atom is 0.418 e. The summed E-state index contributed by atoms with van der Waals surface area (Å²) in [6, 6.07) is 4.59. The zero-order valence-electron chi connectivity index (χ0n) is 12.0. The second kappa shape index (κ2) is 5.46. The Morgan fingerprint density at radius 2 is 2.05 bits per heavy atom. The van der Waals surface area contributed by atoms with Gasteiger partial charge in [0.05, 0.1) is 11.3 Å². The third-order valence-electron chi connectivity index (χ3n) is 4.53. The number of likely N-dealkylation sites (tertiary alicyclic amines) is 1. The molecule has 1 unspecified atom stereocenters. The topological polar surface area (TPSA) is 44.4 Å². The molecule has 2 saturated heterocycles. The fourth-order valence-electron chi connectivity index (χ4n) is 3.29. The summed E-state index contributed by atoms with van der Waals surface area (Å²) >= 11 is 0. The van der Waals surface area contributed by atoms with E-state index < -0.39 is 17.8 Å². The van der Waals surface area contributed by atoms with Crippen molar-refractivity contribution in [1.29, 1.82) is 0 Å². The van der Waals surface area contributed by atoms with Crippen molar-refractivity contribution in [2.24, 2.45) is 5.41 Å². The summed E-state index contributed by atoms with van der Waals surface area (Å²) in [7, 11) is 0. The Kier molecular flexibility index (Phi) is 3.76. The molecule has 2 heterocycles. The Morgan fingerprint density at radius 1 is 1.27 bits per heavy atom. The van der Waals surface area contributed by atoms with Crippen LogP contribution >= 0.6 is 0 Å². The first-order chi connectivity index (χ1) is 10.4. The van der Waals surface area contributed by atoms with Crippen molar-refractivity contribution in [2.45, 2.75) is 19.0 Å². The molecule has 2 aliphatic rings. The molecular weight excluding hydrogens is 295 g/mol. The Labute approximate surface area is 126 Å². The van der Waals surface area contributed by atoms with Gasteiger partial charge >= 0.3 is 12.2 Å². The Hall–Kier alpha value is -1.76. The minimum Gasteiger partial charge on any atom is -0.324 e. The van der Waals surface area contributed by atoms with Crippen LogP contribution in [0, 0.1) is 5.41 Å². The second-order valence-electron chi connectivity index (χ2n) is 6.07. The molecular formula is C15H18F3N3O. The predicted molar refractivity (Wildman–Crippen MR) is 76.6 cm³/mol. The number of hydrogen-bond acceptors (Lipinski definition) is 2. The van der Waals surface area contributed by atoms with Crippen LogP contribution < -0.4 is 10.6 Å². The van der Waals surface area contributed by atoms with E-state index in [9.17, 15) is 18.0 Å². The fraction of sp³-hybridized carbons (Fsp3) is 0.533. The number of para-hydroxylation sites is 1. The normalized spacial score (nSPS) is 25.0. The van der Waals surface area contributed by atoms with Gasteiger partial charge in [-0.1, -0.05) is 12.1 Å². The maximum absolute atomic E-state index is 12.9. The first kappa shape index (κ1) is 15.1. The molecule has 0 aliphatic carbocycles. The highest BCUT2D eigenvalue weighted by Crippen LogP contribution is 2.37. The Bertz CT molecular complexity index is 567. The molecule has 3 rings (SSSR count). The minimum absolute atomic E-state index is 0.0981. The first-order valence-electron chi connectivity index (χ1n) is 7.33. The average molecular weight is 313 g/mol. The molecule has 0 radical (unpaired) electrons. The van der Waals surface area contributed by atoms with Crippen LogP contribution in [0.15, 0.2) is 24.3 Å². The molecule has 120 valence electrons. The summed E-state index contributed by atoms with van der Waals surface area (Å²) in [6.45, 7) is 2.99. The fourth-order valence-corrected chi connectivity index (χ4v) is 3.29. The lowest BCUT2D eigenvalue weighted by molar-refractivity contribution is -0.136. The molecule has 2 fully saturated rings. The van der Waals surface area contributed by atoms with Crippen LogP contribution in [-0.2, 0) is 6.18 Å². The molecule has 2 N–H and O–H groups in total. The van der Waals surface area contributed by atoms with E-state index in [-0.39, 0.29) is 11.1 Å². The van der Waals surface area contributed by atoms with Crippen LogP contribution in [0.5, 0.6) is 0 Å². The molecule has 1 atom stereocenters. The molecule has 1 aromatic carbocycles. The second-order valence-corrected chi connectivity index (χ2v) is 6.07. The van der Waals surface area contributed by atoms with Crippen LogP contribution in [0.25, 0.3) is 0 Å². The summed E-state index contributed by atoms with van der Waals surface area (Å²) in [4.78, 5) is 13.9. The zero-order chi connectivity index (χ0) is 15.8. The van der Waals surface area contributed by atoms with Crippen LogP contribution in [-0.4, -0.2) is 37.1 Å². The van der Waals surface area contributed by atoms with E-state index in [1.165, 1.54) is 18.2 Å². The third kappa shape index (κ3) is 2.90. The number of carbonyl (C=O) groups excluding carboxylic acids is 1. The standard InChI is InChI=1S/C15H18F3N3O/c16-15(17,18)11-3-1-2-4-12(11)20-13(22)21-8-6-14(10-21)5-7-19-9-14/h1-4,19H,5-10H2,(H,20,22). The number of nitrogens with zero attached hydrogens (tertiary/aromatic N) is 1. The smallest absolute Gasteiger partial charge is 0.324 e. The summed E-state index contributed by atoms with van der Waals surface area (Å²) in [6.07, 6.45) is -2.57. The van der Waals surface area contributed by atoms with Gasteiger partial charge in [-0.25, -0.2) is 4.79 Å². The van der Waals surface area contributed by atoms with Gasteiger partial charge in [-0.3, -0.25) is 0 Å². The van der Waals surface area contributed by atoms with Crippen molar-refractivity contribution in [2.75, 3.05) is 31.5 Å². The van der Waals surface area contributed by atoms with Gasteiger partial charge in [-0.15, -0.1) is 0 Å². The lowest BCUT2D eigenvalue weighted by Gasteiger charge is -2.23. The largest absolute Gasteiger partial charge is 0.418 e. The molecule has 7 heteroatoms. The lowest BCUT2D eigenvalue weighted by atomic mass is 9.87. The molecule has 4 nitrogen and oxygen atoms in total. The van der Waals surface area contributed by atoms with Crippen molar-refractivity contribution >= 4 is 11.7 Å². The minimum atomic E-state index is -4.48. The lowest BCUT2D eigenvalue weighted by Crippen LogP contribution is -2.36. The van der Waals surface area contributed by atoms with E-state index in [2.05, 4.69) is 10.6 Å². The zero-order valence-corrected chi connectivity index (χ0v) is 12.0. The predicted octanol–water partition coefficient (Wildman–Crippen LogP) is 2.92. The molecule has 22 heavy (non-hydrogen) atoms. The highest BCUT2D eigenvalue weighted by atomic mass is 19.4.